The Balaban J connectivity index is 1.10. The van der Waals surface area contributed by atoms with E-state index < -0.39 is 81.0 Å². The highest BCUT2D eigenvalue weighted by Crippen LogP contribution is 2.63. The Kier molecular flexibility index (Phi) is 6.98. The third kappa shape index (κ3) is 4.86. The molecule has 3 N–H and O–H groups in total. The lowest BCUT2D eigenvalue weighted by atomic mass is 10.0. The van der Waals surface area contributed by atoms with E-state index in [0.717, 1.165) is 12.7 Å². The van der Waals surface area contributed by atoms with Crippen LogP contribution in [0.4, 0.5) is 10.2 Å². The van der Waals surface area contributed by atoms with E-state index >= 15 is 4.39 Å². The minimum absolute atomic E-state index is 0.0209. The monoisotopic (exact) mass is 705 g/mol. The highest BCUT2D eigenvalue weighted by molar-refractivity contribution is 8.44. The number of thiol groups is 2. The largest absolute Gasteiger partial charge is 0.386 e. The van der Waals surface area contributed by atoms with Crippen molar-refractivity contribution in [2.75, 3.05) is 25.6 Å². The van der Waals surface area contributed by atoms with Gasteiger partial charge in [-0.3, -0.25) is 32.0 Å². The molecule has 3 unspecified atom stereocenters. The van der Waals surface area contributed by atoms with Crippen LogP contribution in [0.2, 0.25) is 0 Å². The Labute approximate surface area is 260 Å². The van der Waals surface area contributed by atoms with Crippen LogP contribution in [0.5, 0.6) is 0 Å². The van der Waals surface area contributed by atoms with Crippen molar-refractivity contribution in [3.05, 3.63) is 35.7 Å². The van der Waals surface area contributed by atoms with Crippen LogP contribution >= 0.6 is 38.1 Å². The minimum Gasteiger partial charge on any atom is -0.382 e. The summed E-state index contributed by atoms with van der Waals surface area (Å²) in [7, 11) is 0. The molecule has 2 bridgehead atoms. The van der Waals surface area contributed by atoms with E-state index in [1.54, 1.807) is 0 Å². The summed E-state index contributed by atoms with van der Waals surface area (Å²) in [4.78, 5) is 34.9. The first-order valence-corrected chi connectivity index (χ1v) is 18.6. The minimum atomic E-state index is -4.36. The van der Waals surface area contributed by atoms with Gasteiger partial charge in [0.2, 0.25) is 0 Å². The van der Waals surface area contributed by atoms with Crippen molar-refractivity contribution >= 4 is 66.2 Å². The van der Waals surface area contributed by atoms with Gasteiger partial charge < -0.3 is 24.9 Å². The van der Waals surface area contributed by atoms with Crippen LogP contribution in [0.1, 0.15) is 12.5 Å². The van der Waals surface area contributed by atoms with E-state index in [1.165, 1.54) is 21.8 Å². The molecule has 0 spiro atoms. The molecule has 8 heterocycles. The number of nitrogen functional groups attached to an aromatic ring is 1. The summed E-state index contributed by atoms with van der Waals surface area (Å²) in [6, 6.07) is 0. The van der Waals surface area contributed by atoms with Crippen molar-refractivity contribution in [3.8, 4) is 0 Å². The fourth-order valence-corrected chi connectivity index (χ4v) is 8.88. The summed E-state index contributed by atoms with van der Waals surface area (Å²) in [6.45, 7) is -9.86. The van der Waals surface area contributed by atoms with Crippen LogP contribution in [0.3, 0.4) is 0 Å². The number of fused-ring (bicyclic) bond motifs is 3. The molecular weight excluding hydrogens is 683 g/mol. The van der Waals surface area contributed by atoms with Crippen molar-refractivity contribution in [1.29, 1.82) is 0 Å². The van der Waals surface area contributed by atoms with Crippen LogP contribution in [-0.4, -0.2) is 95.0 Å². The third-order valence-corrected chi connectivity index (χ3v) is 11.1. The molecular formula is C21H22FN9O10P2S2. The lowest BCUT2D eigenvalue weighted by molar-refractivity contribution is -0.183. The number of H-pyrrole nitrogens is 1. The molecule has 4 fully saturated rings. The molecule has 10 atom stereocenters. The average molecular weight is 706 g/mol. The topological polar surface area (TPSA) is 232 Å². The first kappa shape index (κ1) is 29.9. The Hall–Kier alpha value is -2.49. The molecule has 4 saturated heterocycles. The van der Waals surface area contributed by atoms with Crippen molar-refractivity contribution in [2.24, 2.45) is 0 Å². The first-order chi connectivity index (χ1) is 21.5. The Bertz CT molecular complexity index is 1980. The Morgan fingerprint density at radius 3 is 2.51 bits per heavy atom. The molecule has 19 nitrogen and oxygen atoms in total. The van der Waals surface area contributed by atoms with Crippen molar-refractivity contribution < 1.29 is 45.8 Å². The van der Waals surface area contributed by atoms with Gasteiger partial charge in [0.15, 0.2) is 41.3 Å². The Morgan fingerprint density at radius 2 is 1.69 bits per heavy atom. The molecule has 0 radical (unpaired) electrons. The van der Waals surface area contributed by atoms with Gasteiger partial charge in [-0.25, -0.2) is 38.4 Å². The maximum absolute atomic E-state index is 16.0. The molecule has 0 saturated carbocycles. The van der Waals surface area contributed by atoms with E-state index in [1.807, 2.05) is 0 Å². The number of rotatable bonds is 2. The number of nitrogens with one attached hydrogen (secondary N) is 1. The summed E-state index contributed by atoms with van der Waals surface area (Å²) in [5.74, 6) is 0.140. The van der Waals surface area contributed by atoms with E-state index in [4.69, 9.17) is 38.0 Å². The van der Waals surface area contributed by atoms with Gasteiger partial charge >= 0.3 is 13.6 Å². The molecule has 8 rings (SSSR count). The smallest absolute Gasteiger partial charge is 0.382 e. The molecule has 24 heteroatoms. The maximum atomic E-state index is 16.0. The number of alkyl halides is 1. The van der Waals surface area contributed by atoms with Gasteiger partial charge in [0.1, 0.15) is 41.9 Å². The molecule has 240 valence electrons. The van der Waals surface area contributed by atoms with Crippen LogP contribution in [0.25, 0.3) is 22.3 Å². The quantitative estimate of drug-likeness (QED) is 0.170. The van der Waals surface area contributed by atoms with Crippen LogP contribution in [0, 0.1) is 0 Å². The second kappa shape index (κ2) is 10.5. The predicted molar refractivity (Wildman–Crippen MR) is 154 cm³/mol. The molecule has 4 aliphatic rings. The van der Waals surface area contributed by atoms with Crippen LogP contribution < -0.4 is 11.3 Å². The zero-order valence-corrected chi connectivity index (χ0v) is 26.0. The lowest BCUT2D eigenvalue weighted by Crippen LogP contribution is -2.46. The number of nitrogens with zero attached hydrogens (tertiary/aromatic N) is 7. The fraction of sp³-hybridized carbons (Fsp3) is 0.524. The molecule has 4 aromatic heterocycles. The summed E-state index contributed by atoms with van der Waals surface area (Å²) >= 11 is 8.24. The molecule has 4 aromatic rings. The van der Waals surface area contributed by atoms with Gasteiger partial charge in [0.05, 0.1) is 38.8 Å². The lowest BCUT2D eigenvalue weighted by Gasteiger charge is -2.33. The average Bonchev–Trinajstić information content (AvgIpc) is 3.80. The zero-order chi connectivity index (χ0) is 31.3. The normalized spacial score (nSPS) is 40.3. The number of anilines is 1. The number of aromatic amines is 1. The number of ether oxygens (including phenoxy) is 3. The molecule has 0 aliphatic carbocycles. The first-order valence-electron chi connectivity index (χ1n) is 13.2. The van der Waals surface area contributed by atoms with E-state index in [2.05, 4.69) is 54.4 Å². The SMILES string of the molecule is Nc1ncnc2c1ncn2[C@@H]1O[C@@]23CO[C@@H]1[C@@H]2OP(=O)(S)OCC1O[C@@H](n2cnc4c(=O)[nH]cnc42)[C@H](F)[C@@H]1OP(=O)(S)OC3. The fourth-order valence-electron chi connectivity index (χ4n) is 5.88. The highest BCUT2D eigenvalue weighted by Gasteiger charge is 2.66. The number of halogens is 1. The van der Waals surface area contributed by atoms with E-state index in [-0.39, 0.29) is 23.6 Å². The summed E-state index contributed by atoms with van der Waals surface area (Å²) in [5, 5.41) is 0. The third-order valence-electron chi connectivity index (χ3n) is 7.92. The number of hydrogen-bond donors (Lipinski definition) is 4. The zero-order valence-electron chi connectivity index (χ0n) is 22.4. The second-order valence-electron chi connectivity index (χ2n) is 10.6. The second-order valence-corrected chi connectivity index (χ2v) is 16.4. The number of nitrogens with two attached hydrogens (primary N) is 1. The van der Waals surface area contributed by atoms with Crippen molar-refractivity contribution in [3.63, 3.8) is 0 Å². The highest BCUT2D eigenvalue weighted by atomic mass is 32.7. The molecule has 0 amide bonds. The number of aromatic nitrogens is 8. The van der Waals surface area contributed by atoms with Gasteiger partial charge in [-0.15, -0.1) is 0 Å². The number of imidazole rings is 2. The standard InChI is InChI=1S/C21H22FN9O10P2S2/c22-9-12-8(38-19(9)30-7-29-11-17(30)26-5-27-18(11)32)1-36-42(33,44)41-14-13-20(31-6-28-10-15(23)24-4-25-16(10)31)39-21(14,2-35-13)3-37-43(34,45)40-12/h4-9,12-14,19-20H,1-3H2,(H,33,44)(H,34,45)(H2,23,24,25)(H,26,27,32)/t8?,9-,12-,13-,14+,19-,20-,21-,42?,43?/m1/s1. The summed E-state index contributed by atoms with van der Waals surface area (Å²) in [5.41, 5.74) is 4.45. The van der Waals surface area contributed by atoms with Gasteiger partial charge in [-0.2, -0.15) is 0 Å². The van der Waals surface area contributed by atoms with Crippen molar-refractivity contribution in [1.82, 2.24) is 39.0 Å². The van der Waals surface area contributed by atoms with Crippen LogP contribution in [-0.2, 0) is 41.4 Å². The van der Waals surface area contributed by atoms with Gasteiger partial charge in [-0.05, 0) is 0 Å². The van der Waals surface area contributed by atoms with Gasteiger partial charge in [-0.1, -0.05) is 24.5 Å². The number of hydrogen-bond acceptors (Lipinski definition) is 16. The van der Waals surface area contributed by atoms with Gasteiger partial charge in [0.25, 0.3) is 5.56 Å². The predicted octanol–water partition coefficient (Wildman–Crippen LogP) is 1.34. The summed E-state index contributed by atoms with van der Waals surface area (Å²) < 4.78 is 86.7. The molecule has 4 aliphatic heterocycles. The summed E-state index contributed by atoms with van der Waals surface area (Å²) in [6.07, 6.45) is -4.50. The van der Waals surface area contributed by atoms with E-state index in [9.17, 15) is 13.9 Å². The molecule has 45 heavy (non-hydrogen) atoms. The molecule has 0 aromatic carbocycles. The Morgan fingerprint density at radius 1 is 0.956 bits per heavy atom. The van der Waals surface area contributed by atoms with E-state index in [0.29, 0.717) is 11.2 Å². The van der Waals surface area contributed by atoms with Gasteiger partial charge in [0, 0.05) is 0 Å². The van der Waals surface area contributed by atoms with Crippen LogP contribution in [0.15, 0.2) is 30.1 Å². The van der Waals surface area contributed by atoms with Crippen molar-refractivity contribution in [2.45, 2.75) is 48.6 Å². The maximum Gasteiger partial charge on any atom is 0.386 e.